The second-order valence-electron chi connectivity index (χ2n) is 9.58. The number of piperidine rings is 1. The predicted molar refractivity (Wildman–Crippen MR) is 139 cm³/mol. The molecule has 0 radical (unpaired) electrons. The van der Waals surface area contributed by atoms with Gasteiger partial charge in [-0.2, -0.15) is 5.10 Å². The summed E-state index contributed by atoms with van der Waals surface area (Å²) in [5.74, 6) is 0.199. The molecule has 2 aromatic carbocycles. The summed E-state index contributed by atoms with van der Waals surface area (Å²) in [5, 5.41) is 4.41. The largest absolute Gasteiger partial charge is 0.369 e. The van der Waals surface area contributed by atoms with Gasteiger partial charge in [0.05, 0.1) is 24.3 Å². The monoisotopic (exact) mass is 471 g/mol. The molecular weight excluding hydrogens is 438 g/mol. The van der Waals surface area contributed by atoms with Gasteiger partial charge in [0.1, 0.15) is 0 Å². The molecule has 5 rings (SSSR count). The van der Waals surface area contributed by atoms with Crippen LogP contribution in [0.5, 0.6) is 0 Å². The van der Waals surface area contributed by atoms with Crippen LogP contribution in [0.25, 0.3) is 0 Å². The number of carbonyl (C=O) groups is 1. The highest BCUT2D eigenvalue weighted by Gasteiger charge is 2.31. The summed E-state index contributed by atoms with van der Waals surface area (Å²) in [4.78, 5) is 32.6. The lowest BCUT2D eigenvalue weighted by molar-refractivity contribution is -0.136. The molecule has 1 atom stereocenters. The molecule has 0 saturated carbocycles. The summed E-state index contributed by atoms with van der Waals surface area (Å²) in [7, 11) is 0. The number of rotatable bonds is 5. The first-order chi connectivity index (χ1) is 17.1. The summed E-state index contributed by atoms with van der Waals surface area (Å²) >= 11 is 0. The van der Waals surface area contributed by atoms with Gasteiger partial charge in [-0.3, -0.25) is 9.59 Å². The average Bonchev–Trinajstić information content (AvgIpc) is 2.90. The van der Waals surface area contributed by atoms with Gasteiger partial charge < -0.3 is 14.7 Å². The number of amides is 1. The number of para-hydroxylation sites is 1. The summed E-state index contributed by atoms with van der Waals surface area (Å²) in [6.45, 7) is 7.29. The standard InChI is InChI=1S/C28H33N5O2/c1-22-8-5-6-12-26(22)30-14-16-31(17-15-30)28(35)24-11-7-13-32(21-24)25-18-27(34)33(29-19-25)20-23-9-3-2-4-10-23/h2-6,8-10,12,18-19,24H,7,11,13-17,20-21H2,1H3/t24-/m0/s1. The van der Waals surface area contributed by atoms with Gasteiger partial charge >= 0.3 is 0 Å². The van der Waals surface area contributed by atoms with Crippen molar-refractivity contribution in [1.29, 1.82) is 0 Å². The minimum Gasteiger partial charge on any atom is -0.369 e. The first kappa shape index (κ1) is 23.1. The number of hydrogen-bond donors (Lipinski definition) is 0. The van der Waals surface area contributed by atoms with Crippen molar-refractivity contribution in [3.8, 4) is 0 Å². The molecule has 3 heterocycles. The predicted octanol–water partition coefficient (Wildman–Crippen LogP) is 3.17. The third-order valence-electron chi connectivity index (χ3n) is 7.21. The molecule has 0 bridgehead atoms. The Labute approximate surface area is 206 Å². The van der Waals surface area contributed by atoms with Crippen LogP contribution >= 0.6 is 0 Å². The van der Waals surface area contributed by atoms with Gasteiger partial charge in [0.15, 0.2) is 0 Å². The molecule has 2 aliphatic rings. The van der Waals surface area contributed by atoms with Gasteiger partial charge in [0.2, 0.25) is 5.91 Å². The van der Waals surface area contributed by atoms with Gasteiger partial charge in [-0.15, -0.1) is 0 Å². The van der Waals surface area contributed by atoms with E-state index in [0.29, 0.717) is 13.1 Å². The maximum Gasteiger partial charge on any atom is 0.269 e. The Balaban J connectivity index is 1.20. The highest BCUT2D eigenvalue weighted by atomic mass is 16.2. The molecule has 2 aliphatic heterocycles. The lowest BCUT2D eigenvalue weighted by Crippen LogP contribution is -2.52. The van der Waals surface area contributed by atoms with E-state index >= 15 is 0 Å². The molecule has 0 unspecified atom stereocenters. The molecule has 2 fully saturated rings. The van der Waals surface area contributed by atoms with Crippen LogP contribution in [0.2, 0.25) is 0 Å². The molecule has 2 saturated heterocycles. The van der Waals surface area contributed by atoms with E-state index in [0.717, 1.165) is 56.8 Å². The Bertz CT molecular complexity index is 1220. The molecule has 0 aliphatic carbocycles. The number of carbonyl (C=O) groups excluding carboxylic acids is 1. The molecule has 1 aromatic heterocycles. The number of anilines is 2. The molecule has 7 nitrogen and oxygen atoms in total. The number of nitrogens with zero attached hydrogens (tertiary/aromatic N) is 5. The molecule has 35 heavy (non-hydrogen) atoms. The Hall–Kier alpha value is -3.61. The van der Waals surface area contributed by atoms with Crippen LogP contribution < -0.4 is 15.4 Å². The average molecular weight is 472 g/mol. The van der Waals surface area contributed by atoms with Crippen molar-refractivity contribution in [2.75, 3.05) is 49.1 Å². The summed E-state index contributed by atoms with van der Waals surface area (Å²) in [5.41, 5.74) is 4.27. The zero-order valence-electron chi connectivity index (χ0n) is 20.3. The molecule has 0 spiro atoms. The first-order valence-corrected chi connectivity index (χ1v) is 12.5. The maximum atomic E-state index is 13.4. The third-order valence-corrected chi connectivity index (χ3v) is 7.21. The number of aryl methyl sites for hydroxylation is 1. The maximum absolute atomic E-state index is 13.4. The zero-order valence-corrected chi connectivity index (χ0v) is 20.3. The van der Waals surface area contributed by atoms with Crippen molar-refractivity contribution in [3.05, 3.63) is 88.3 Å². The summed E-state index contributed by atoms with van der Waals surface area (Å²) < 4.78 is 1.49. The molecule has 7 heteroatoms. The number of benzene rings is 2. The minimum absolute atomic E-state index is 0.0412. The van der Waals surface area contributed by atoms with Crippen molar-refractivity contribution in [2.45, 2.75) is 26.3 Å². The van der Waals surface area contributed by atoms with Crippen LogP contribution in [0.3, 0.4) is 0 Å². The summed E-state index contributed by atoms with van der Waals surface area (Å²) in [6, 6.07) is 20.0. The second kappa shape index (κ2) is 10.3. The van der Waals surface area contributed by atoms with E-state index in [1.54, 1.807) is 12.3 Å². The van der Waals surface area contributed by atoms with E-state index in [4.69, 9.17) is 0 Å². The van der Waals surface area contributed by atoms with E-state index in [2.05, 4.69) is 46.1 Å². The van der Waals surface area contributed by atoms with Gasteiger partial charge in [0, 0.05) is 51.0 Å². The Kier molecular flexibility index (Phi) is 6.84. The molecule has 0 N–H and O–H groups in total. The van der Waals surface area contributed by atoms with Crippen LogP contribution in [-0.2, 0) is 11.3 Å². The fourth-order valence-electron chi connectivity index (χ4n) is 5.23. The van der Waals surface area contributed by atoms with Crippen LogP contribution in [0.4, 0.5) is 11.4 Å². The van der Waals surface area contributed by atoms with Crippen molar-refractivity contribution < 1.29 is 4.79 Å². The summed E-state index contributed by atoms with van der Waals surface area (Å²) in [6.07, 6.45) is 3.59. The van der Waals surface area contributed by atoms with E-state index in [1.807, 2.05) is 35.2 Å². The Morgan fingerprint density at radius 1 is 0.943 bits per heavy atom. The van der Waals surface area contributed by atoms with Crippen molar-refractivity contribution in [1.82, 2.24) is 14.7 Å². The number of hydrogen-bond acceptors (Lipinski definition) is 5. The lowest BCUT2D eigenvalue weighted by Gasteiger charge is -2.40. The van der Waals surface area contributed by atoms with E-state index in [1.165, 1.54) is 15.9 Å². The number of piperazine rings is 1. The van der Waals surface area contributed by atoms with E-state index < -0.39 is 0 Å². The SMILES string of the molecule is Cc1ccccc1N1CCN(C(=O)[C@H]2CCCN(c3cnn(Cc4ccccc4)c(=O)c3)C2)CC1. The quantitative estimate of drug-likeness (QED) is 0.572. The van der Waals surface area contributed by atoms with Crippen molar-refractivity contribution >= 4 is 17.3 Å². The normalized spacial score (nSPS) is 18.5. The van der Waals surface area contributed by atoms with E-state index in [9.17, 15) is 9.59 Å². The second-order valence-corrected chi connectivity index (χ2v) is 9.58. The fraction of sp³-hybridized carbons (Fsp3) is 0.393. The van der Waals surface area contributed by atoms with Crippen LogP contribution in [-0.4, -0.2) is 59.9 Å². The highest BCUT2D eigenvalue weighted by Crippen LogP contribution is 2.25. The minimum atomic E-state index is -0.118. The van der Waals surface area contributed by atoms with Gasteiger partial charge in [-0.1, -0.05) is 48.5 Å². The van der Waals surface area contributed by atoms with Gasteiger partial charge in [-0.25, -0.2) is 4.68 Å². The molecule has 182 valence electrons. The van der Waals surface area contributed by atoms with Crippen LogP contribution in [0.15, 0.2) is 71.7 Å². The number of aromatic nitrogens is 2. The first-order valence-electron chi connectivity index (χ1n) is 12.5. The van der Waals surface area contributed by atoms with Crippen LogP contribution in [0, 0.1) is 12.8 Å². The zero-order chi connectivity index (χ0) is 24.2. The molecule has 1 amide bonds. The fourth-order valence-corrected chi connectivity index (χ4v) is 5.23. The van der Waals surface area contributed by atoms with Crippen LogP contribution in [0.1, 0.15) is 24.0 Å². The Morgan fingerprint density at radius 2 is 1.69 bits per heavy atom. The smallest absolute Gasteiger partial charge is 0.269 e. The molecule has 3 aromatic rings. The van der Waals surface area contributed by atoms with Crippen molar-refractivity contribution in [2.24, 2.45) is 5.92 Å². The lowest BCUT2D eigenvalue weighted by atomic mass is 9.95. The van der Waals surface area contributed by atoms with Gasteiger partial charge in [-0.05, 0) is 37.0 Å². The molecular formula is C28H33N5O2. The highest BCUT2D eigenvalue weighted by molar-refractivity contribution is 5.80. The van der Waals surface area contributed by atoms with Gasteiger partial charge in [0.25, 0.3) is 5.56 Å². The topological polar surface area (TPSA) is 61.7 Å². The van der Waals surface area contributed by atoms with E-state index in [-0.39, 0.29) is 17.4 Å². The van der Waals surface area contributed by atoms with Crippen molar-refractivity contribution in [3.63, 3.8) is 0 Å². The Morgan fingerprint density at radius 3 is 2.43 bits per heavy atom. The third kappa shape index (κ3) is 5.24.